The van der Waals surface area contributed by atoms with Gasteiger partial charge in [0.15, 0.2) is 6.61 Å². The summed E-state index contributed by atoms with van der Waals surface area (Å²) in [6, 6.07) is 10.7. The van der Waals surface area contributed by atoms with Crippen LogP contribution in [-0.2, 0) is 4.79 Å². The summed E-state index contributed by atoms with van der Waals surface area (Å²) in [5, 5.41) is 14.5. The Kier molecular flexibility index (Phi) is 5.80. The van der Waals surface area contributed by atoms with Gasteiger partial charge in [0.2, 0.25) is 0 Å². The molecular formula is C19H15Cl2F3N2O3. The molecule has 2 aromatic carbocycles. The van der Waals surface area contributed by atoms with Gasteiger partial charge in [0, 0.05) is 5.02 Å². The first kappa shape index (κ1) is 21.4. The summed E-state index contributed by atoms with van der Waals surface area (Å²) in [4.78, 5) is 12.5. The Labute approximate surface area is 174 Å². The predicted molar refractivity (Wildman–Crippen MR) is 102 cm³/mol. The highest BCUT2D eigenvalue weighted by Crippen LogP contribution is 2.41. The number of carbonyl (C=O) groups excluding carboxylic acids is 1. The zero-order chi connectivity index (χ0) is 21.4. The molecule has 5 nitrogen and oxygen atoms in total. The van der Waals surface area contributed by atoms with Crippen LogP contribution in [0.1, 0.15) is 17.5 Å². The number of alkyl halides is 3. The molecule has 0 unspecified atom stereocenters. The van der Waals surface area contributed by atoms with Crippen molar-refractivity contribution in [3.8, 4) is 5.75 Å². The monoisotopic (exact) mass is 446 g/mol. The van der Waals surface area contributed by atoms with E-state index in [9.17, 15) is 23.1 Å². The number of amides is 1. The van der Waals surface area contributed by atoms with Crippen LogP contribution in [-0.4, -0.2) is 40.2 Å². The maximum atomic E-state index is 13.6. The van der Waals surface area contributed by atoms with Crippen LogP contribution in [0.2, 0.25) is 10.0 Å². The topological polar surface area (TPSA) is 62.1 Å². The van der Waals surface area contributed by atoms with Gasteiger partial charge in [0.25, 0.3) is 11.6 Å². The van der Waals surface area contributed by atoms with E-state index in [-0.39, 0.29) is 21.5 Å². The zero-order valence-corrected chi connectivity index (χ0v) is 16.5. The second-order valence-corrected chi connectivity index (χ2v) is 7.32. The molecule has 1 amide bonds. The number of hydrogen-bond acceptors (Lipinski definition) is 4. The Balaban J connectivity index is 1.85. The fourth-order valence-electron chi connectivity index (χ4n) is 2.73. The van der Waals surface area contributed by atoms with Crippen LogP contribution in [0.25, 0.3) is 0 Å². The molecule has 0 bridgehead atoms. The first-order chi connectivity index (χ1) is 13.5. The largest absolute Gasteiger partial charge is 0.482 e. The lowest BCUT2D eigenvalue weighted by atomic mass is 10.00. The van der Waals surface area contributed by atoms with E-state index in [0.29, 0.717) is 10.6 Å². The van der Waals surface area contributed by atoms with Crippen molar-refractivity contribution in [2.45, 2.75) is 25.2 Å². The van der Waals surface area contributed by atoms with Crippen molar-refractivity contribution in [1.82, 2.24) is 5.01 Å². The van der Waals surface area contributed by atoms with E-state index in [1.165, 1.54) is 18.2 Å². The predicted octanol–water partition coefficient (Wildman–Crippen LogP) is 4.57. The van der Waals surface area contributed by atoms with Gasteiger partial charge in [0.1, 0.15) is 5.75 Å². The van der Waals surface area contributed by atoms with E-state index in [2.05, 4.69) is 5.10 Å². The van der Waals surface area contributed by atoms with E-state index >= 15 is 0 Å². The van der Waals surface area contributed by atoms with Crippen LogP contribution in [0.3, 0.4) is 0 Å². The van der Waals surface area contributed by atoms with Crippen molar-refractivity contribution < 1.29 is 27.8 Å². The number of aliphatic hydroxyl groups is 1. The van der Waals surface area contributed by atoms with E-state index in [1.807, 2.05) is 6.92 Å². The summed E-state index contributed by atoms with van der Waals surface area (Å²) in [5.41, 5.74) is -2.27. The minimum Gasteiger partial charge on any atom is -0.482 e. The molecule has 2 aromatic rings. The highest BCUT2D eigenvalue weighted by Gasteiger charge is 2.63. The Morgan fingerprint density at radius 2 is 1.90 bits per heavy atom. The number of aryl methyl sites for hydroxylation is 1. The van der Waals surface area contributed by atoms with Crippen molar-refractivity contribution in [2.75, 3.05) is 6.61 Å². The van der Waals surface area contributed by atoms with E-state index in [4.69, 9.17) is 27.9 Å². The van der Waals surface area contributed by atoms with Gasteiger partial charge in [-0.1, -0.05) is 53.0 Å². The van der Waals surface area contributed by atoms with E-state index < -0.39 is 30.8 Å². The molecule has 1 N–H and O–H groups in total. The van der Waals surface area contributed by atoms with Gasteiger partial charge >= 0.3 is 6.18 Å². The second-order valence-electron chi connectivity index (χ2n) is 6.47. The molecule has 0 spiro atoms. The van der Waals surface area contributed by atoms with Gasteiger partial charge in [0.05, 0.1) is 17.2 Å². The molecule has 1 aliphatic heterocycles. The molecular weight excluding hydrogens is 432 g/mol. The van der Waals surface area contributed by atoms with Crippen LogP contribution >= 0.6 is 23.2 Å². The Morgan fingerprint density at radius 3 is 2.48 bits per heavy atom. The molecule has 29 heavy (non-hydrogen) atoms. The lowest BCUT2D eigenvalue weighted by Crippen LogP contribution is -2.57. The van der Waals surface area contributed by atoms with Crippen LogP contribution < -0.4 is 4.74 Å². The van der Waals surface area contributed by atoms with Crippen LogP contribution in [0, 0.1) is 6.92 Å². The zero-order valence-electron chi connectivity index (χ0n) is 15.0. The molecule has 0 aliphatic carbocycles. The molecule has 1 heterocycles. The highest BCUT2D eigenvalue weighted by molar-refractivity contribution is 6.35. The standard InChI is InChI=1S/C19H15Cl2F3N2O3/c1-11-2-4-12(5-3-11)15-9-18(28,19(22,23)24)26(25-15)17(27)10-29-16-7-6-13(20)8-14(16)21/h2-8,28H,9-10H2,1H3/t18-/m1/s1. The number of hydrogen-bond donors (Lipinski definition) is 1. The van der Waals surface area contributed by atoms with E-state index in [1.54, 1.807) is 24.3 Å². The van der Waals surface area contributed by atoms with Crippen LogP contribution in [0.5, 0.6) is 5.75 Å². The quantitative estimate of drug-likeness (QED) is 0.747. The Hall–Kier alpha value is -2.29. The van der Waals surface area contributed by atoms with Gasteiger partial charge < -0.3 is 9.84 Å². The number of rotatable bonds is 4. The molecule has 0 saturated carbocycles. The summed E-state index contributed by atoms with van der Waals surface area (Å²) in [6.07, 6.45) is -6.02. The molecule has 0 radical (unpaired) electrons. The number of ether oxygens (including phenoxy) is 1. The maximum Gasteiger partial charge on any atom is 0.438 e. The van der Waals surface area contributed by atoms with Gasteiger partial charge in [-0.25, -0.2) is 0 Å². The summed E-state index contributed by atoms with van der Waals surface area (Å²) in [5.74, 6) is -1.13. The molecule has 0 aromatic heterocycles. The lowest BCUT2D eigenvalue weighted by Gasteiger charge is -2.32. The summed E-state index contributed by atoms with van der Waals surface area (Å²) < 4.78 is 46.0. The van der Waals surface area contributed by atoms with Crippen molar-refractivity contribution in [3.63, 3.8) is 0 Å². The first-order valence-electron chi connectivity index (χ1n) is 8.36. The summed E-state index contributed by atoms with van der Waals surface area (Å²) >= 11 is 11.7. The summed E-state index contributed by atoms with van der Waals surface area (Å²) in [6.45, 7) is 1.01. The molecule has 1 aliphatic rings. The molecule has 3 rings (SSSR count). The van der Waals surface area contributed by atoms with Crippen molar-refractivity contribution >= 4 is 34.8 Å². The third kappa shape index (κ3) is 4.34. The smallest absolute Gasteiger partial charge is 0.438 e. The van der Waals surface area contributed by atoms with Gasteiger partial charge in [-0.15, -0.1) is 0 Å². The van der Waals surface area contributed by atoms with Crippen molar-refractivity contribution in [3.05, 3.63) is 63.6 Å². The molecule has 154 valence electrons. The number of nitrogens with zero attached hydrogens (tertiary/aromatic N) is 2. The van der Waals surface area contributed by atoms with E-state index in [0.717, 1.165) is 5.56 Å². The third-order valence-corrected chi connectivity index (χ3v) is 4.84. The number of halogens is 5. The fourth-order valence-corrected chi connectivity index (χ4v) is 3.19. The van der Waals surface area contributed by atoms with Gasteiger partial charge in [-0.3, -0.25) is 4.79 Å². The van der Waals surface area contributed by atoms with Crippen LogP contribution in [0.15, 0.2) is 47.6 Å². The van der Waals surface area contributed by atoms with Crippen molar-refractivity contribution in [1.29, 1.82) is 0 Å². The number of hydrazone groups is 1. The number of benzene rings is 2. The Morgan fingerprint density at radius 1 is 1.24 bits per heavy atom. The number of carbonyl (C=O) groups is 1. The molecule has 1 atom stereocenters. The highest BCUT2D eigenvalue weighted by atomic mass is 35.5. The van der Waals surface area contributed by atoms with Gasteiger partial charge in [-0.05, 0) is 30.7 Å². The normalized spacial score (nSPS) is 19.3. The Bertz CT molecular complexity index is 964. The van der Waals surface area contributed by atoms with Gasteiger partial charge in [-0.2, -0.15) is 23.3 Å². The first-order valence-corrected chi connectivity index (χ1v) is 9.11. The SMILES string of the molecule is Cc1ccc(C2=NN(C(=O)COc3ccc(Cl)cc3Cl)[C@](O)(C(F)(F)F)C2)cc1. The third-order valence-electron chi connectivity index (χ3n) is 4.31. The molecule has 0 saturated heterocycles. The average Bonchev–Trinajstić information content (AvgIpc) is 3.00. The second kappa shape index (κ2) is 7.85. The minimum absolute atomic E-state index is 0.0199. The summed E-state index contributed by atoms with van der Waals surface area (Å²) in [7, 11) is 0. The van der Waals surface area contributed by atoms with Crippen molar-refractivity contribution in [2.24, 2.45) is 5.10 Å². The lowest BCUT2D eigenvalue weighted by molar-refractivity contribution is -0.302. The molecule has 10 heteroatoms. The molecule has 0 fully saturated rings. The maximum absolute atomic E-state index is 13.6. The minimum atomic E-state index is -5.13. The fraction of sp³-hybridized carbons (Fsp3) is 0.263. The average molecular weight is 447 g/mol. The van der Waals surface area contributed by atoms with Crippen LogP contribution in [0.4, 0.5) is 13.2 Å².